The molecular formula is C16H24N4O3. The Balaban J connectivity index is 1.78. The summed E-state index contributed by atoms with van der Waals surface area (Å²) in [6, 6.07) is 2.04. The maximum absolute atomic E-state index is 11.2. The predicted molar refractivity (Wildman–Crippen MR) is 86.7 cm³/mol. The van der Waals surface area contributed by atoms with Gasteiger partial charge in [-0.2, -0.15) is 0 Å². The summed E-state index contributed by atoms with van der Waals surface area (Å²) in [4.78, 5) is 24.1. The molecule has 3 rings (SSSR count). The molecule has 2 fully saturated rings. The fraction of sp³-hybridized carbons (Fsp3) is 0.688. The van der Waals surface area contributed by atoms with Crippen LogP contribution in [0.2, 0.25) is 0 Å². The lowest BCUT2D eigenvalue weighted by Gasteiger charge is -2.36. The van der Waals surface area contributed by atoms with Crippen LogP contribution in [0.15, 0.2) is 12.4 Å². The minimum Gasteiger partial charge on any atom is -0.481 e. The van der Waals surface area contributed by atoms with Gasteiger partial charge in [-0.25, -0.2) is 9.97 Å². The smallest absolute Gasteiger partial charge is 0.308 e. The van der Waals surface area contributed by atoms with Gasteiger partial charge in [0.05, 0.1) is 18.6 Å². The van der Waals surface area contributed by atoms with Crippen LogP contribution < -0.4 is 9.80 Å². The molecule has 2 N–H and O–H groups in total. The highest BCUT2D eigenvalue weighted by molar-refractivity contribution is 5.71. The third kappa shape index (κ3) is 3.55. The number of aliphatic carboxylic acids is 1. The topological polar surface area (TPSA) is 89.8 Å². The Morgan fingerprint density at radius 1 is 1.17 bits per heavy atom. The number of hydrogen-bond acceptors (Lipinski definition) is 6. The monoisotopic (exact) mass is 320 g/mol. The maximum Gasteiger partial charge on any atom is 0.308 e. The van der Waals surface area contributed by atoms with Crippen molar-refractivity contribution in [3.8, 4) is 0 Å². The van der Waals surface area contributed by atoms with E-state index in [1.54, 1.807) is 0 Å². The Morgan fingerprint density at radius 2 is 2.00 bits per heavy atom. The van der Waals surface area contributed by atoms with Crippen molar-refractivity contribution in [3.05, 3.63) is 12.4 Å². The number of rotatable bonds is 4. The molecule has 0 spiro atoms. The summed E-state index contributed by atoms with van der Waals surface area (Å²) in [5, 5.41) is 18.8. The van der Waals surface area contributed by atoms with Crippen LogP contribution in [0.3, 0.4) is 0 Å². The Bertz CT molecular complexity index is 554. The molecule has 0 bridgehead atoms. The second-order valence-electron chi connectivity index (χ2n) is 6.38. The molecule has 2 aliphatic heterocycles. The number of aliphatic hydroxyl groups excluding tert-OH is 1. The lowest BCUT2D eigenvalue weighted by molar-refractivity contribution is -0.141. The van der Waals surface area contributed by atoms with E-state index in [4.69, 9.17) is 0 Å². The molecule has 0 aromatic carbocycles. The van der Waals surface area contributed by atoms with E-state index in [9.17, 15) is 15.0 Å². The number of carboxylic acid groups (broad SMARTS) is 1. The highest BCUT2D eigenvalue weighted by atomic mass is 16.4. The van der Waals surface area contributed by atoms with Crippen molar-refractivity contribution in [2.75, 3.05) is 36.0 Å². The second kappa shape index (κ2) is 7.12. The SMILES string of the molecule is O=C(O)C1CCCN(c2cc(N3CCCCC3CO)ncn2)C1. The fourth-order valence-electron chi connectivity index (χ4n) is 3.55. The maximum atomic E-state index is 11.2. The minimum absolute atomic E-state index is 0.111. The summed E-state index contributed by atoms with van der Waals surface area (Å²) in [6.07, 6.45) is 6.33. The molecule has 7 nitrogen and oxygen atoms in total. The molecule has 0 aliphatic carbocycles. The number of piperidine rings is 2. The van der Waals surface area contributed by atoms with Gasteiger partial charge in [0.2, 0.25) is 0 Å². The average Bonchev–Trinajstić information content (AvgIpc) is 2.62. The van der Waals surface area contributed by atoms with Crippen LogP contribution in [0.5, 0.6) is 0 Å². The predicted octanol–water partition coefficient (Wildman–Crippen LogP) is 1.13. The number of aliphatic hydroxyl groups is 1. The molecule has 1 aromatic rings. The van der Waals surface area contributed by atoms with Crippen molar-refractivity contribution in [2.45, 2.75) is 38.1 Å². The first-order valence-electron chi connectivity index (χ1n) is 8.36. The van der Waals surface area contributed by atoms with Gasteiger partial charge in [0.1, 0.15) is 18.0 Å². The van der Waals surface area contributed by atoms with Crippen LogP contribution in [-0.2, 0) is 4.79 Å². The highest BCUT2D eigenvalue weighted by Gasteiger charge is 2.27. The van der Waals surface area contributed by atoms with Crippen LogP contribution in [-0.4, -0.2) is 58.4 Å². The summed E-state index contributed by atoms with van der Waals surface area (Å²) in [5.41, 5.74) is 0. The zero-order chi connectivity index (χ0) is 16.2. The Labute approximate surface area is 136 Å². The molecule has 3 heterocycles. The molecule has 0 saturated carbocycles. The molecule has 126 valence electrons. The van der Waals surface area contributed by atoms with Crippen LogP contribution in [0.1, 0.15) is 32.1 Å². The molecule has 2 aliphatic rings. The highest BCUT2D eigenvalue weighted by Crippen LogP contribution is 2.27. The molecule has 2 unspecified atom stereocenters. The van der Waals surface area contributed by atoms with Gasteiger partial charge in [-0.1, -0.05) is 0 Å². The van der Waals surface area contributed by atoms with Crippen molar-refractivity contribution >= 4 is 17.6 Å². The van der Waals surface area contributed by atoms with E-state index >= 15 is 0 Å². The molecule has 0 radical (unpaired) electrons. The standard InChI is InChI=1S/C16H24N4O3/c21-10-13-5-1-2-7-20(13)15-8-14(17-11-18-15)19-6-3-4-12(9-19)16(22)23/h8,11-13,21H,1-7,9-10H2,(H,22,23). The van der Waals surface area contributed by atoms with E-state index in [0.717, 1.165) is 56.8 Å². The molecular weight excluding hydrogens is 296 g/mol. The van der Waals surface area contributed by atoms with E-state index in [1.807, 2.05) is 11.0 Å². The Kier molecular flexibility index (Phi) is 4.95. The van der Waals surface area contributed by atoms with Crippen LogP contribution in [0, 0.1) is 5.92 Å². The number of carbonyl (C=O) groups is 1. The lowest BCUT2D eigenvalue weighted by atomic mass is 9.98. The van der Waals surface area contributed by atoms with E-state index < -0.39 is 5.97 Å². The van der Waals surface area contributed by atoms with Crippen LogP contribution in [0.25, 0.3) is 0 Å². The molecule has 23 heavy (non-hydrogen) atoms. The number of nitrogens with zero attached hydrogens (tertiary/aromatic N) is 4. The van der Waals surface area contributed by atoms with Crippen molar-refractivity contribution in [2.24, 2.45) is 5.92 Å². The van der Waals surface area contributed by atoms with Gasteiger partial charge in [-0.05, 0) is 32.1 Å². The molecule has 7 heteroatoms. The quantitative estimate of drug-likeness (QED) is 0.859. The Morgan fingerprint density at radius 3 is 2.78 bits per heavy atom. The van der Waals surface area contributed by atoms with Gasteiger partial charge in [-0.3, -0.25) is 4.79 Å². The minimum atomic E-state index is -0.736. The number of anilines is 2. The number of hydrogen-bond donors (Lipinski definition) is 2. The molecule has 1 aromatic heterocycles. The third-order valence-electron chi connectivity index (χ3n) is 4.86. The average molecular weight is 320 g/mol. The first kappa shape index (κ1) is 16.0. The fourth-order valence-corrected chi connectivity index (χ4v) is 3.55. The van der Waals surface area contributed by atoms with E-state index in [0.29, 0.717) is 6.54 Å². The van der Waals surface area contributed by atoms with Gasteiger partial charge in [0, 0.05) is 25.7 Å². The molecule has 0 amide bonds. The van der Waals surface area contributed by atoms with Crippen molar-refractivity contribution in [3.63, 3.8) is 0 Å². The zero-order valence-electron chi connectivity index (χ0n) is 13.3. The summed E-state index contributed by atoms with van der Waals surface area (Å²) >= 11 is 0. The number of aromatic nitrogens is 2. The summed E-state index contributed by atoms with van der Waals surface area (Å²) < 4.78 is 0. The van der Waals surface area contributed by atoms with Crippen LogP contribution in [0.4, 0.5) is 11.6 Å². The first-order chi connectivity index (χ1) is 11.2. The largest absolute Gasteiger partial charge is 0.481 e. The van der Waals surface area contributed by atoms with Crippen molar-refractivity contribution < 1.29 is 15.0 Å². The second-order valence-corrected chi connectivity index (χ2v) is 6.38. The lowest BCUT2D eigenvalue weighted by Crippen LogP contribution is -2.43. The Hall–Kier alpha value is -1.89. The number of carboxylic acids is 1. The van der Waals surface area contributed by atoms with E-state index in [2.05, 4.69) is 14.9 Å². The van der Waals surface area contributed by atoms with Gasteiger partial charge in [-0.15, -0.1) is 0 Å². The van der Waals surface area contributed by atoms with Gasteiger partial charge in [0.25, 0.3) is 0 Å². The van der Waals surface area contributed by atoms with Gasteiger partial charge >= 0.3 is 5.97 Å². The van der Waals surface area contributed by atoms with E-state index in [-0.39, 0.29) is 18.6 Å². The first-order valence-corrected chi connectivity index (χ1v) is 8.36. The summed E-state index contributed by atoms with van der Waals surface area (Å²) in [7, 11) is 0. The molecule has 2 saturated heterocycles. The zero-order valence-corrected chi connectivity index (χ0v) is 13.3. The van der Waals surface area contributed by atoms with E-state index in [1.165, 1.54) is 6.33 Å². The normalized spacial score (nSPS) is 25.4. The third-order valence-corrected chi connectivity index (χ3v) is 4.86. The van der Waals surface area contributed by atoms with Crippen molar-refractivity contribution in [1.29, 1.82) is 0 Å². The summed E-state index contributed by atoms with van der Waals surface area (Å²) in [6.45, 7) is 2.34. The summed E-state index contributed by atoms with van der Waals surface area (Å²) in [5.74, 6) is 0.539. The molecule has 2 atom stereocenters. The van der Waals surface area contributed by atoms with Gasteiger partial charge in [0.15, 0.2) is 0 Å². The van der Waals surface area contributed by atoms with Crippen molar-refractivity contribution in [1.82, 2.24) is 9.97 Å². The van der Waals surface area contributed by atoms with Gasteiger partial charge < -0.3 is 20.0 Å². The van der Waals surface area contributed by atoms with Crippen LogP contribution >= 0.6 is 0 Å².